The molecule has 0 bridgehead atoms. The van der Waals surface area contributed by atoms with E-state index >= 15 is 0 Å². The zero-order valence-corrected chi connectivity index (χ0v) is 17.2. The first-order chi connectivity index (χ1) is 14.5. The van der Waals surface area contributed by atoms with Gasteiger partial charge in [-0.25, -0.2) is 0 Å². The van der Waals surface area contributed by atoms with Crippen molar-refractivity contribution in [2.24, 2.45) is 0 Å². The number of ketones is 1. The standard InChI is InChI=1S/C21H24O10/c1-8-4-12(25)16(19-15(8)13(26)6-11(30-19)5-9(2)23)20-21(29-10(3)24)18(28)17(27)14(7-22)31-20/h4,6,14,17-18,20-22,25,27-28H,5,7H2,1-3H3/t14-,17-,18+,20+,21-/m1/s1. The summed E-state index contributed by atoms with van der Waals surface area (Å²) in [5.41, 5.74) is -0.295. The Balaban J connectivity index is 2.29. The monoisotopic (exact) mass is 436 g/mol. The zero-order chi connectivity index (χ0) is 23.0. The van der Waals surface area contributed by atoms with Gasteiger partial charge in [-0.05, 0) is 25.5 Å². The lowest BCUT2D eigenvalue weighted by Crippen LogP contribution is -2.56. The van der Waals surface area contributed by atoms with Gasteiger partial charge < -0.3 is 34.3 Å². The van der Waals surface area contributed by atoms with Gasteiger partial charge in [-0.1, -0.05) is 0 Å². The third-order valence-corrected chi connectivity index (χ3v) is 5.14. The van der Waals surface area contributed by atoms with E-state index in [1.165, 1.54) is 19.1 Å². The summed E-state index contributed by atoms with van der Waals surface area (Å²) in [7, 11) is 0. The van der Waals surface area contributed by atoms with Gasteiger partial charge in [-0.3, -0.25) is 14.4 Å². The molecule has 1 saturated heterocycles. The van der Waals surface area contributed by atoms with Crippen LogP contribution in [0.2, 0.25) is 0 Å². The smallest absolute Gasteiger partial charge is 0.303 e. The van der Waals surface area contributed by atoms with Crippen LogP contribution < -0.4 is 5.43 Å². The number of phenols is 1. The van der Waals surface area contributed by atoms with Crippen molar-refractivity contribution in [3.63, 3.8) is 0 Å². The van der Waals surface area contributed by atoms with Crippen molar-refractivity contribution in [3.8, 4) is 5.75 Å². The topological polar surface area (TPSA) is 164 Å². The Labute approximate surface area is 176 Å². The van der Waals surface area contributed by atoms with Crippen LogP contribution in [0.3, 0.4) is 0 Å². The molecular weight excluding hydrogens is 412 g/mol. The summed E-state index contributed by atoms with van der Waals surface area (Å²) >= 11 is 0. The van der Waals surface area contributed by atoms with Crippen LogP contribution >= 0.6 is 0 Å². The molecule has 4 N–H and O–H groups in total. The molecule has 1 fully saturated rings. The number of carbonyl (C=O) groups is 2. The number of aliphatic hydroxyl groups excluding tert-OH is 3. The van der Waals surface area contributed by atoms with Crippen LogP contribution in [0.25, 0.3) is 11.0 Å². The fourth-order valence-corrected chi connectivity index (χ4v) is 3.83. The predicted octanol–water partition coefficient (Wildman–Crippen LogP) is 0.0242. The number of ether oxygens (including phenoxy) is 2. The molecule has 1 aromatic heterocycles. The Morgan fingerprint density at radius 3 is 2.42 bits per heavy atom. The number of rotatable bonds is 5. The zero-order valence-electron chi connectivity index (χ0n) is 17.2. The number of hydrogen-bond acceptors (Lipinski definition) is 10. The highest BCUT2D eigenvalue weighted by Crippen LogP contribution is 2.42. The maximum atomic E-state index is 12.7. The molecule has 10 nitrogen and oxygen atoms in total. The van der Waals surface area contributed by atoms with Gasteiger partial charge in [0.2, 0.25) is 0 Å². The Morgan fingerprint density at radius 1 is 1.16 bits per heavy atom. The average Bonchev–Trinajstić information content (AvgIpc) is 2.65. The van der Waals surface area contributed by atoms with Crippen molar-refractivity contribution in [1.29, 1.82) is 0 Å². The van der Waals surface area contributed by atoms with Gasteiger partial charge in [0.05, 0.1) is 24.0 Å². The molecule has 0 saturated carbocycles. The van der Waals surface area contributed by atoms with Crippen LogP contribution in [-0.2, 0) is 25.5 Å². The highest BCUT2D eigenvalue weighted by atomic mass is 16.6. The van der Waals surface area contributed by atoms with E-state index in [0.717, 1.165) is 6.92 Å². The van der Waals surface area contributed by atoms with E-state index in [2.05, 4.69) is 0 Å². The Bertz CT molecular complexity index is 1070. The van der Waals surface area contributed by atoms with Crippen LogP contribution in [0, 0.1) is 6.92 Å². The number of aliphatic hydroxyl groups is 3. The molecule has 1 aliphatic heterocycles. The summed E-state index contributed by atoms with van der Waals surface area (Å²) in [6, 6.07) is 2.47. The number of benzene rings is 1. The highest BCUT2D eigenvalue weighted by Gasteiger charge is 2.48. The van der Waals surface area contributed by atoms with E-state index in [1.807, 2.05) is 0 Å². The second-order valence-electron chi connectivity index (χ2n) is 7.62. The van der Waals surface area contributed by atoms with Crippen LogP contribution in [0.1, 0.15) is 36.8 Å². The Hall–Kier alpha value is -2.79. The van der Waals surface area contributed by atoms with Crippen LogP contribution in [-0.4, -0.2) is 63.2 Å². The highest BCUT2D eigenvalue weighted by molar-refractivity contribution is 5.86. The summed E-state index contributed by atoms with van der Waals surface area (Å²) in [5, 5.41) is 41.1. The molecule has 5 atom stereocenters. The fourth-order valence-electron chi connectivity index (χ4n) is 3.83. The summed E-state index contributed by atoms with van der Waals surface area (Å²) in [6.07, 6.45) is -7.55. The first kappa shape index (κ1) is 22.9. The summed E-state index contributed by atoms with van der Waals surface area (Å²) in [5.74, 6) is -1.38. The maximum absolute atomic E-state index is 12.7. The minimum absolute atomic E-state index is 0.0513. The van der Waals surface area contributed by atoms with Gasteiger partial charge in [0.25, 0.3) is 0 Å². The number of carbonyl (C=O) groups excluding carboxylic acids is 2. The molecule has 31 heavy (non-hydrogen) atoms. The van der Waals surface area contributed by atoms with Gasteiger partial charge in [-0.2, -0.15) is 0 Å². The molecule has 0 radical (unpaired) electrons. The van der Waals surface area contributed by atoms with Crippen molar-refractivity contribution in [3.05, 3.63) is 39.2 Å². The molecular formula is C21H24O10. The first-order valence-corrected chi connectivity index (χ1v) is 9.63. The van der Waals surface area contributed by atoms with Gasteiger partial charge in [0, 0.05) is 13.0 Å². The van der Waals surface area contributed by atoms with Crippen LogP contribution in [0.4, 0.5) is 0 Å². The average molecular weight is 436 g/mol. The molecule has 2 heterocycles. The summed E-state index contributed by atoms with van der Waals surface area (Å²) < 4.78 is 16.6. The maximum Gasteiger partial charge on any atom is 0.303 e. The van der Waals surface area contributed by atoms with E-state index in [4.69, 9.17) is 13.9 Å². The van der Waals surface area contributed by atoms with Gasteiger partial charge in [-0.15, -0.1) is 0 Å². The Morgan fingerprint density at radius 2 is 1.84 bits per heavy atom. The molecule has 3 rings (SSSR count). The van der Waals surface area contributed by atoms with E-state index in [-0.39, 0.29) is 40.2 Å². The number of Topliss-reactive ketones (excluding diaryl/α,β-unsaturated/α-hetero) is 1. The number of aromatic hydroxyl groups is 1. The van der Waals surface area contributed by atoms with E-state index in [1.54, 1.807) is 6.92 Å². The molecule has 0 aliphatic carbocycles. The fraction of sp³-hybridized carbons (Fsp3) is 0.476. The van der Waals surface area contributed by atoms with E-state index < -0.39 is 48.5 Å². The van der Waals surface area contributed by atoms with E-state index in [0.29, 0.717) is 5.56 Å². The van der Waals surface area contributed by atoms with Gasteiger partial charge in [0.1, 0.15) is 47.3 Å². The quantitative estimate of drug-likeness (QED) is 0.470. The molecule has 0 spiro atoms. The summed E-state index contributed by atoms with van der Waals surface area (Å²) in [4.78, 5) is 35.9. The second-order valence-corrected chi connectivity index (χ2v) is 7.62. The molecule has 0 unspecified atom stereocenters. The van der Waals surface area contributed by atoms with Crippen molar-refractivity contribution >= 4 is 22.7 Å². The molecule has 0 amide bonds. The SMILES string of the molecule is CC(=O)Cc1cc(=O)c2c(C)cc(O)c([C@@H]3O[C@H](CO)[C@@H](O)[C@H](O)[C@H]3OC(C)=O)c2o1. The third kappa shape index (κ3) is 4.33. The minimum atomic E-state index is -1.66. The van der Waals surface area contributed by atoms with Crippen LogP contribution in [0.15, 0.2) is 21.3 Å². The lowest BCUT2D eigenvalue weighted by atomic mass is 9.89. The van der Waals surface area contributed by atoms with Crippen molar-refractivity contribution in [1.82, 2.24) is 0 Å². The Kier molecular flexibility index (Phi) is 6.46. The lowest BCUT2D eigenvalue weighted by Gasteiger charge is -2.42. The molecule has 2 aromatic rings. The van der Waals surface area contributed by atoms with Crippen molar-refractivity contribution < 1.29 is 43.9 Å². The lowest BCUT2D eigenvalue weighted by molar-refractivity contribution is -0.240. The number of fused-ring (bicyclic) bond motifs is 1. The summed E-state index contributed by atoms with van der Waals surface area (Å²) in [6.45, 7) is 3.31. The molecule has 1 aliphatic rings. The van der Waals surface area contributed by atoms with Crippen molar-refractivity contribution in [2.75, 3.05) is 6.61 Å². The number of hydrogen-bond donors (Lipinski definition) is 4. The molecule has 168 valence electrons. The van der Waals surface area contributed by atoms with Crippen LogP contribution in [0.5, 0.6) is 5.75 Å². The second kappa shape index (κ2) is 8.75. The molecule has 1 aromatic carbocycles. The number of esters is 1. The normalized spacial score (nSPS) is 26.1. The third-order valence-electron chi connectivity index (χ3n) is 5.14. The number of aryl methyl sites for hydroxylation is 1. The largest absolute Gasteiger partial charge is 0.507 e. The minimum Gasteiger partial charge on any atom is -0.507 e. The van der Waals surface area contributed by atoms with Gasteiger partial charge in [0.15, 0.2) is 11.5 Å². The first-order valence-electron chi connectivity index (χ1n) is 9.63. The van der Waals surface area contributed by atoms with Gasteiger partial charge >= 0.3 is 5.97 Å². The van der Waals surface area contributed by atoms with Crippen molar-refractivity contribution in [2.45, 2.75) is 57.7 Å². The number of phenolic OH excluding ortho intramolecular Hbond substituents is 1. The molecule has 10 heteroatoms. The van der Waals surface area contributed by atoms with E-state index in [9.17, 15) is 34.8 Å². The predicted molar refractivity (Wildman–Crippen MR) is 106 cm³/mol.